The fourth-order valence-electron chi connectivity index (χ4n) is 1.34. The van der Waals surface area contributed by atoms with Crippen molar-refractivity contribution in [1.29, 1.82) is 0 Å². The fraction of sp³-hybridized carbons (Fsp3) is 0.100. The number of anilines is 1. The van der Waals surface area contributed by atoms with Crippen LogP contribution in [0.1, 0.15) is 0 Å². The molecular formula is C10H8Cl2N2O. The van der Waals surface area contributed by atoms with Crippen molar-refractivity contribution in [2.75, 3.05) is 12.4 Å². The van der Waals surface area contributed by atoms with Crippen molar-refractivity contribution in [2.24, 2.45) is 0 Å². The lowest BCUT2D eigenvalue weighted by Crippen LogP contribution is -1.92. The van der Waals surface area contributed by atoms with Crippen molar-refractivity contribution in [3.05, 3.63) is 28.2 Å². The molecule has 0 radical (unpaired) electrons. The van der Waals surface area contributed by atoms with Crippen molar-refractivity contribution in [3.8, 4) is 5.75 Å². The minimum Gasteiger partial charge on any atom is -0.504 e. The van der Waals surface area contributed by atoms with E-state index in [1.807, 2.05) is 0 Å². The molecule has 2 aromatic rings. The number of halogens is 2. The molecule has 0 amide bonds. The molecule has 0 fully saturated rings. The van der Waals surface area contributed by atoms with E-state index in [1.165, 1.54) is 6.07 Å². The second-order valence-corrected chi connectivity index (χ2v) is 3.85. The van der Waals surface area contributed by atoms with Gasteiger partial charge in [0.05, 0.1) is 10.0 Å². The minimum absolute atomic E-state index is 0.0480. The highest BCUT2D eigenvalue weighted by Crippen LogP contribution is 2.36. The van der Waals surface area contributed by atoms with Crippen molar-refractivity contribution in [1.82, 2.24) is 4.98 Å². The molecule has 0 spiro atoms. The van der Waals surface area contributed by atoms with Crippen molar-refractivity contribution in [3.63, 3.8) is 0 Å². The number of aromatic nitrogens is 1. The summed E-state index contributed by atoms with van der Waals surface area (Å²) in [5.74, 6) is 0.601. The molecule has 0 aliphatic carbocycles. The summed E-state index contributed by atoms with van der Waals surface area (Å²) in [6, 6.07) is 5.07. The molecule has 2 N–H and O–H groups in total. The largest absolute Gasteiger partial charge is 0.504 e. The van der Waals surface area contributed by atoms with Crippen LogP contribution in [0.5, 0.6) is 5.75 Å². The molecule has 0 saturated carbocycles. The van der Waals surface area contributed by atoms with Crippen LogP contribution in [0, 0.1) is 0 Å². The maximum atomic E-state index is 9.72. The molecule has 0 saturated heterocycles. The van der Waals surface area contributed by atoms with Gasteiger partial charge in [0.25, 0.3) is 0 Å². The van der Waals surface area contributed by atoms with E-state index in [1.54, 1.807) is 19.2 Å². The predicted molar refractivity (Wildman–Crippen MR) is 63.0 cm³/mol. The maximum absolute atomic E-state index is 9.72. The van der Waals surface area contributed by atoms with Gasteiger partial charge in [0.15, 0.2) is 5.75 Å². The summed E-state index contributed by atoms with van der Waals surface area (Å²) in [7, 11) is 1.75. The van der Waals surface area contributed by atoms with E-state index < -0.39 is 0 Å². The summed E-state index contributed by atoms with van der Waals surface area (Å²) < 4.78 is 0. The Balaban J connectivity index is 2.85. The molecule has 0 atom stereocenters. The van der Waals surface area contributed by atoms with E-state index in [2.05, 4.69) is 10.3 Å². The molecule has 1 heterocycles. The Morgan fingerprint density at radius 3 is 2.67 bits per heavy atom. The first-order chi connectivity index (χ1) is 7.13. The summed E-state index contributed by atoms with van der Waals surface area (Å²) in [6.07, 6.45) is 0. The van der Waals surface area contributed by atoms with Gasteiger partial charge in [0, 0.05) is 12.4 Å². The molecule has 1 aromatic heterocycles. The SMILES string of the molecule is CNc1ccc2c(Cl)cc(Cl)c(O)c2n1. The lowest BCUT2D eigenvalue weighted by molar-refractivity contribution is 0.480. The molecule has 1 aromatic carbocycles. The van der Waals surface area contributed by atoms with Gasteiger partial charge in [-0.3, -0.25) is 0 Å². The van der Waals surface area contributed by atoms with Crippen LogP contribution in [0.15, 0.2) is 18.2 Å². The van der Waals surface area contributed by atoms with Crippen molar-refractivity contribution >= 4 is 39.9 Å². The number of phenolic OH excluding ortho intramolecular Hbond substituents is 1. The standard InChI is InChI=1S/C10H8Cl2N2O/c1-13-8-3-2-5-6(11)4-7(12)10(15)9(5)14-8/h2-4,15H,1H3,(H,13,14). The summed E-state index contributed by atoms with van der Waals surface area (Å²) in [6.45, 7) is 0. The van der Waals surface area contributed by atoms with E-state index in [-0.39, 0.29) is 10.8 Å². The second-order valence-electron chi connectivity index (χ2n) is 3.03. The van der Waals surface area contributed by atoms with Crippen LogP contribution in [0.25, 0.3) is 10.9 Å². The second kappa shape index (κ2) is 3.76. The summed E-state index contributed by atoms with van der Waals surface area (Å²) in [4.78, 5) is 4.18. The average Bonchev–Trinajstić information content (AvgIpc) is 2.25. The number of benzene rings is 1. The zero-order valence-electron chi connectivity index (χ0n) is 7.88. The molecule has 0 aliphatic heterocycles. The molecule has 0 unspecified atom stereocenters. The number of hydrogen-bond donors (Lipinski definition) is 2. The van der Waals surface area contributed by atoms with Gasteiger partial charge < -0.3 is 10.4 Å². The highest BCUT2D eigenvalue weighted by molar-refractivity contribution is 6.39. The first-order valence-electron chi connectivity index (χ1n) is 4.29. The maximum Gasteiger partial charge on any atom is 0.160 e. The Kier molecular flexibility index (Phi) is 2.59. The molecule has 2 rings (SSSR count). The van der Waals surface area contributed by atoms with Crippen LogP contribution in [0.2, 0.25) is 10.0 Å². The minimum atomic E-state index is -0.0480. The van der Waals surface area contributed by atoms with E-state index in [0.717, 1.165) is 0 Å². The molecule has 15 heavy (non-hydrogen) atoms. The van der Waals surface area contributed by atoms with E-state index in [0.29, 0.717) is 21.7 Å². The van der Waals surface area contributed by atoms with E-state index in [9.17, 15) is 5.11 Å². The van der Waals surface area contributed by atoms with Crippen LogP contribution >= 0.6 is 23.2 Å². The third-order valence-corrected chi connectivity index (χ3v) is 2.71. The smallest absolute Gasteiger partial charge is 0.160 e. The first kappa shape index (κ1) is 10.3. The monoisotopic (exact) mass is 242 g/mol. The lowest BCUT2D eigenvalue weighted by Gasteiger charge is -2.06. The number of nitrogens with zero attached hydrogens (tertiary/aromatic N) is 1. The van der Waals surface area contributed by atoms with E-state index in [4.69, 9.17) is 23.2 Å². The number of fused-ring (bicyclic) bond motifs is 1. The average molecular weight is 243 g/mol. The highest BCUT2D eigenvalue weighted by Gasteiger charge is 2.10. The lowest BCUT2D eigenvalue weighted by atomic mass is 10.2. The Labute approximate surface area is 96.6 Å². The van der Waals surface area contributed by atoms with Gasteiger partial charge in [-0.25, -0.2) is 4.98 Å². The fourth-order valence-corrected chi connectivity index (χ4v) is 1.86. The van der Waals surface area contributed by atoms with Crippen LogP contribution in [-0.2, 0) is 0 Å². The number of nitrogens with one attached hydrogen (secondary N) is 1. The number of pyridine rings is 1. The van der Waals surface area contributed by atoms with Gasteiger partial charge in [0.1, 0.15) is 11.3 Å². The third-order valence-electron chi connectivity index (χ3n) is 2.11. The molecule has 0 aliphatic rings. The van der Waals surface area contributed by atoms with Crippen molar-refractivity contribution < 1.29 is 5.11 Å². The Morgan fingerprint density at radius 1 is 1.27 bits per heavy atom. The number of rotatable bonds is 1. The number of aromatic hydroxyl groups is 1. The predicted octanol–water partition coefficient (Wildman–Crippen LogP) is 3.29. The number of hydrogen-bond acceptors (Lipinski definition) is 3. The zero-order valence-corrected chi connectivity index (χ0v) is 9.39. The molecule has 0 bridgehead atoms. The number of phenols is 1. The van der Waals surface area contributed by atoms with Crippen LogP contribution in [-0.4, -0.2) is 17.1 Å². The zero-order chi connectivity index (χ0) is 11.0. The summed E-state index contributed by atoms with van der Waals surface area (Å²) in [5, 5.41) is 14.0. The van der Waals surface area contributed by atoms with Crippen LogP contribution < -0.4 is 5.32 Å². The van der Waals surface area contributed by atoms with Gasteiger partial charge in [-0.1, -0.05) is 23.2 Å². The molecular weight excluding hydrogens is 235 g/mol. The van der Waals surface area contributed by atoms with Gasteiger partial charge >= 0.3 is 0 Å². The van der Waals surface area contributed by atoms with Crippen LogP contribution in [0.3, 0.4) is 0 Å². The van der Waals surface area contributed by atoms with Crippen LogP contribution in [0.4, 0.5) is 5.82 Å². The first-order valence-corrected chi connectivity index (χ1v) is 5.04. The van der Waals surface area contributed by atoms with E-state index >= 15 is 0 Å². The van der Waals surface area contributed by atoms with Gasteiger partial charge in [-0.05, 0) is 18.2 Å². The Morgan fingerprint density at radius 2 is 2.00 bits per heavy atom. The summed E-state index contributed by atoms with van der Waals surface area (Å²) >= 11 is 11.8. The van der Waals surface area contributed by atoms with Crippen molar-refractivity contribution in [2.45, 2.75) is 0 Å². The normalized spacial score (nSPS) is 10.6. The molecule has 78 valence electrons. The van der Waals surface area contributed by atoms with Gasteiger partial charge in [-0.2, -0.15) is 0 Å². The quantitative estimate of drug-likeness (QED) is 0.807. The van der Waals surface area contributed by atoms with Gasteiger partial charge in [-0.15, -0.1) is 0 Å². The molecule has 5 heteroatoms. The van der Waals surface area contributed by atoms with Gasteiger partial charge in [0.2, 0.25) is 0 Å². The molecule has 3 nitrogen and oxygen atoms in total. The third kappa shape index (κ3) is 1.68. The Hall–Kier alpha value is -1.19. The topological polar surface area (TPSA) is 45.1 Å². The summed E-state index contributed by atoms with van der Waals surface area (Å²) in [5.41, 5.74) is 0.402. The highest BCUT2D eigenvalue weighted by atomic mass is 35.5. The Bertz CT molecular complexity index is 528.